The van der Waals surface area contributed by atoms with Crippen molar-refractivity contribution < 1.29 is 0 Å². The summed E-state index contributed by atoms with van der Waals surface area (Å²) in [6.07, 6.45) is 1.81. The number of pyridine rings is 1. The van der Waals surface area contributed by atoms with E-state index < -0.39 is 0 Å². The number of fused-ring (bicyclic) bond motifs is 1. The average molecular weight is 181 g/mol. The van der Waals surface area contributed by atoms with Crippen LogP contribution in [-0.2, 0) is 5.88 Å². The third kappa shape index (κ3) is 0.994. The number of rotatable bonds is 1. The summed E-state index contributed by atoms with van der Waals surface area (Å²) < 4.78 is 2.06. The second-order valence-corrected chi connectivity index (χ2v) is 3.01. The summed E-state index contributed by atoms with van der Waals surface area (Å²) in [4.78, 5) is 4.23. The highest BCUT2D eigenvalue weighted by Gasteiger charge is 2.02. The minimum absolute atomic E-state index is 0.506. The molecule has 0 unspecified atom stereocenters. The van der Waals surface area contributed by atoms with Gasteiger partial charge in [-0.2, -0.15) is 0 Å². The molecule has 0 N–H and O–H groups in total. The van der Waals surface area contributed by atoms with E-state index in [4.69, 9.17) is 11.6 Å². The molecule has 62 valence electrons. The monoisotopic (exact) mass is 180 g/mol. The van der Waals surface area contributed by atoms with E-state index in [0.29, 0.717) is 5.88 Å². The van der Waals surface area contributed by atoms with Crippen LogP contribution in [0.2, 0.25) is 0 Å². The summed E-state index contributed by atoms with van der Waals surface area (Å²) in [6, 6.07) is 6.02. The van der Waals surface area contributed by atoms with Gasteiger partial charge in [0.05, 0.1) is 17.8 Å². The predicted molar refractivity (Wildman–Crippen MR) is 49.5 cm³/mol. The quantitative estimate of drug-likeness (QED) is 0.616. The van der Waals surface area contributed by atoms with Gasteiger partial charge >= 0.3 is 0 Å². The van der Waals surface area contributed by atoms with E-state index >= 15 is 0 Å². The highest BCUT2D eigenvalue weighted by molar-refractivity contribution is 6.16. The van der Waals surface area contributed by atoms with Crippen LogP contribution in [0.3, 0.4) is 0 Å². The van der Waals surface area contributed by atoms with Gasteiger partial charge in [0.15, 0.2) is 0 Å². The first-order valence-corrected chi connectivity index (χ1v) is 4.34. The van der Waals surface area contributed by atoms with Gasteiger partial charge in [0.2, 0.25) is 0 Å². The molecule has 2 aromatic heterocycles. The van der Waals surface area contributed by atoms with E-state index in [1.165, 1.54) is 5.69 Å². The first-order chi connectivity index (χ1) is 5.83. The number of hydrogen-bond donors (Lipinski definition) is 0. The van der Waals surface area contributed by atoms with Crippen LogP contribution in [0, 0.1) is 6.92 Å². The normalized spacial score (nSPS) is 10.8. The topological polar surface area (TPSA) is 17.3 Å². The van der Waals surface area contributed by atoms with Gasteiger partial charge in [-0.05, 0) is 19.1 Å². The van der Waals surface area contributed by atoms with Crippen molar-refractivity contribution in [3.63, 3.8) is 0 Å². The molecule has 2 nitrogen and oxygen atoms in total. The number of aromatic nitrogens is 2. The summed E-state index contributed by atoms with van der Waals surface area (Å²) >= 11 is 5.76. The van der Waals surface area contributed by atoms with Gasteiger partial charge < -0.3 is 4.40 Å². The van der Waals surface area contributed by atoms with Gasteiger partial charge in [-0.1, -0.05) is 6.07 Å². The second kappa shape index (κ2) is 2.79. The zero-order chi connectivity index (χ0) is 8.55. The number of halogens is 1. The van der Waals surface area contributed by atoms with Crippen molar-refractivity contribution in [1.82, 2.24) is 9.38 Å². The van der Waals surface area contributed by atoms with Gasteiger partial charge in [0, 0.05) is 5.69 Å². The molecule has 0 aliphatic carbocycles. The molecule has 0 bridgehead atoms. The minimum Gasteiger partial charge on any atom is -0.300 e. The zero-order valence-corrected chi connectivity index (χ0v) is 7.54. The standard InChI is InChI=1S/C9H9ClN2/c1-7-3-2-4-9-11-6-8(5-10)12(7)9/h2-4,6H,5H2,1H3. The molecule has 2 heterocycles. The highest BCUT2D eigenvalue weighted by Crippen LogP contribution is 2.11. The Morgan fingerprint density at radius 2 is 2.33 bits per heavy atom. The molecule has 0 aliphatic rings. The molecule has 0 fully saturated rings. The van der Waals surface area contributed by atoms with E-state index in [1.807, 2.05) is 31.3 Å². The van der Waals surface area contributed by atoms with Crippen LogP contribution in [0.5, 0.6) is 0 Å². The van der Waals surface area contributed by atoms with Crippen LogP contribution in [0.1, 0.15) is 11.4 Å². The highest BCUT2D eigenvalue weighted by atomic mass is 35.5. The van der Waals surface area contributed by atoms with Crippen LogP contribution in [0.4, 0.5) is 0 Å². The SMILES string of the molecule is Cc1cccc2ncc(CCl)n12. The largest absolute Gasteiger partial charge is 0.300 e. The lowest BCUT2D eigenvalue weighted by Crippen LogP contribution is -1.93. The van der Waals surface area contributed by atoms with Crippen LogP contribution < -0.4 is 0 Å². The molecule has 2 aromatic rings. The van der Waals surface area contributed by atoms with E-state index in [-0.39, 0.29) is 0 Å². The van der Waals surface area contributed by atoms with Gasteiger partial charge in [0.25, 0.3) is 0 Å². The summed E-state index contributed by atoms with van der Waals surface area (Å²) in [5.74, 6) is 0.506. The summed E-state index contributed by atoms with van der Waals surface area (Å²) in [6.45, 7) is 2.05. The molecule has 0 saturated carbocycles. The molecule has 0 amide bonds. The van der Waals surface area contributed by atoms with Crippen molar-refractivity contribution >= 4 is 17.2 Å². The van der Waals surface area contributed by atoms with E-state index in [0.717, 1.165) is 11.3 Å². The predicted octanol–water partition coefficient (Wildman–Crippen LogP) is 2.38. The maximum Gasteiger partial charge on any atom is 0.137 e. The third-order valence-corrected chi connectivity index (χ3v) is 2.21. The van der Waals surface area contributed by atoms with Crippen molar-refractivity contribution in [3.05, 3.63) is 35.8 Å². The summed E-state index contributed by atoms with van der Waals surface area (Å²) in [5.41, 5.74) is 3.18. The number of alkyl halides is 1. The fraction of sp³-hybridized carbons (Fsp3) is 0.222. The van der Waals surface area contributed by atoms with Gasteiger partial charge in [-0.25, -0.2) is 4.98 Å². The molecule has 0 aromatic carbocycles. The second-order valence-electron chi connectivity index (χ2n) is 2.74. The van der Waals surface area contributed by atoms with Crippen molar-refractivity contribution in [3.8, 4) is 0 Å². The lowest BCUT2D eigenvalue weighted by Gasteiger charge is -2.01. The number of hydrogen-bond acceptors (Lipinski definition) is 1. The molecule has 3 heteroatoms. The maximum absolute atomic E-state index is 5.76. The zero-order valence-electron chi connectivity index (χ0n) is 6.79. The molecule has 0 spiro atoms. The Bertz CT molecular complexity index is 406. The number of imidazole rings is 1. The van der Waals surface area contributed by atoms with Crippen molar-refractivity contribution in [2.45, 2.75) is 12.8 Å². The molecule has 0 aliphatic heterocycles. The molecule has 0 atom stereocenters. The number of aryl methyl sites for hydroxylation is 1. The Morgan fingerprint density at radius 3 is 3.08 bits per heavy atom. The van der Waals surface area contributed by atoms with Crippen LogP contribution in [0.15, 0.2) is 24.4 Å². The van der Waals surface area contributed by atoms with E-state index in [1.54, 1.807) is 0 Å². The average Bonchev–Trinajstić information content (AvgIpc) is 2.49. The molecule has 0 saturated heterocycles. The van der Waals surface area contributed by atoms with Crippen molar-refractivity contribution in [2.75, 3.05) is 0 Å². The smallest absolute Gasteiger partial charge is 0.137 e. The van der Waals surface area contributed by atoms with E-state index in [9.17, 15) is 0 Å². The Morgan fingerprint density at radius 1 is 1.50 bits per heavy atom. The maximum atomic E-state index is 5.76. The van der Waals surface area contributed by atoms with Crippen LogP contribution in [0.25, 0.3) is 5.65 Å². The Labute approximate surface area is 75.8 Å². The fourth-order valence-corrected chi connectivity index (χ4v) is 1.56. The lowest BCUT2D eigenvalue weighted by atomic mass is 10.3. The van der Waals surface area contributed by atoms with Crippen molar-refractivity contribution in [2.24, 2.45) is 0 Å². The van der Waals surface area contributed by atoms with Gasteiger partial charge in [-0.3, -0.25) is 0 Å². The van der Waals surface area contributed by atoms with Crippen LogP contribution >= 0.6 is 11.6 Å². The third-order valence-electron chi connectivity index (χ3n) is 1.93. The number of nitrogens with zero attached hydrogens (tertiary/aromatic N) is 2. The molecule has 0 radical (unpaired) electrons. The first kappa shape index (κ1) is 7.62. The lowest BCUT2D eigenvalue weighted by molar-refractivity contribution is 1.03. The Hall–Kier alpha value is -1.02. The van der Waals surface area contributed by atoms with E-state index in [2.05, 4.69) is 9.38 Å². The minimum atomic E-state index is 0.506. The Kier molecular flexibility index (Phi) is 1.77. The summed E-state index contributed by atoms with van der Waals surface area (Å²) in [5, 5.41) is 0. The van der Waals surface area contributed by atoms with Gasteiger partial charge in [0.1, 0.15) is 5.65 Å². The molecular weight excluding hydrogens is 172 g/mol. The summed E-state index contributed by atoms with van der Waals surface area (Å²) in [7, 11) is 0. The molecule has 2 rings (SSSR count). The first-order valence-electron chi connectivity index (χ1n) is 3.81. The Balaban J connectivity index is 2.83. The van der Waals surface area contributed by atoms with Crippen molar-refractivity contribution in [1.29, 1.82) is 0 Å². The van der Waals surface area contributed by atoms with Crippen LogP contribution in [-0.4, -0.2) is 9.38 Å². The molecular formula is C9H9ClN2. The van der Waals surface area contributed by atoms with Gasteiger partial charge in [-0.15, -0.1) is 11.6 Å². The fourth-order valence-electron chi connectivity index (χ4n) is 1.37. The molecule has 12 heavy (non-hydrogen) atoms.